The van der Waals surface area contributed by atoms with Crippen molar-refractivity contribution in [3.63, 3.8) is 0 Å². The number of anilines is 2. The van der Waals surface area contributed by atoms with E-state index in [4.69, 9.17) is 10.3 Å². The van der Waals surface area contributed by atoms with Gasteiger partial charge in [-0.1, -0.05) is 0 Å². The van der Waals surface area contributed by atoms with E-state index in [1.54, 1.807) is 12.1 Å². The summed E-state index contributed by atoms with van der Waals surface area (Å²) in [6, 6.07) is 3.47. The molecule has 0 spiro atoms. The van der Waals surface area contributed by atoms with E-state index in [0.717, 1.165) is 11.1 Å². The van der Waals surface area contributed by atoms with Gasteiger partial charge >= 0.3 is 0 Å². The second-order valence-corrected chi connectivity index (χ2v) is 3.58. The lowest BCUT2D eigenvalue weighted by Crippen LogP contribution is -2.03. The van der Waals surface area contributed by atoms with Crippen LogP contribution in [-0.2, 0) is 11.3 Å². The summed E-state index contributed by atoms with van der Waals surface area (Å²) in [7, 11) is 0. The third kappa shape index (κ3) is 2.43. The third-order valence-electron chi connectivity index (χ3n) is 1.80. The van der Waals surface area contributed by atoms with Crippen LogP contribution < -0.4 is 10.5 Å². The number of rotatable bonds is 2. The Balaban J connectivity index is 3.06. The normalized spacial score (nSPS) is 12.5. The molecular weight excluding hydrogens is 188 g/mol. The van der Waals surface area contributed by atoms with Crippen molar-refractivity contribution in [2.75, 3.05) is 10.5 Å². The van der Waals surface area contributed by atoms with Crippen LogP contribution >= 0.6 is 0 Å². The third-order valence-corrected chi connectivity index (χ3v) is 2.21. The standard InChI is InChI=1S/C8H12N2O2S/c1-5-3-7(10-13(11)12)4-6(2)8(5)9/h3-4,10H,9H2,1-2H3,(H,11,12). The average Bonchev–Trinajstić information content (AvgIpc) is 1.98. The summed E-state index contributed by atoms with van der Waals surface area (Å²) >= 11 is -2.03. The maximum atomic E-state index is 10.4. The van der Waals surface area contributed by atoms with Gasteiger partial charge in [0.1, 0.15) is 0 Å². The predicted molar refractivity (Wildman–Crippen MR) is 54.7 cm³/mol. The van der Waals surface area contributed by atoms with E-state index in [9.17, 15) is 4.21 Å². The average molecular weight is 200 g/mol. The maximum absolute atomic E-state index is 10.4. The van der Waals surface area contributed by atoms with Gasteiger partial charge in [0.15, 0.2) is 0 Å². The molecule has 4 N–H and O–H groups in total. The first-order valence-electron chi connectivity index (χ1n) is 3.75. The van der Waals surface area contributed by atoms with Crippen molar-refractivity contribution < 1.29 is 8.76 Å². The summed E-state index contributed by atoms with van der Waals surface area (Å²) in [6.45, 7) is 3.71. The molecule has 4 nitrogen and oxygen atoms in total. The topological polar surface area (TPSA) is 75.3 Å². The minimum absolute atomic E-state index is 0.602. The van der Waals surface area contributed by atoms with E-state index in [2.05, 4.69) is 4.72 Å². The maximum Gasteiger partial charge on any atom is 0.259 e. The molecule has 0 aliphatic rings. The summed E-state index contributed by atoms with van der Waals surface area (Å²) in [5, 5.41) is 0. The summed E-state index contributed by atoms with van der Waals surface area (Å²) in [5.41, 5.74) is 8.83. The highest BCUT2D eigenvalue weighted by Gasteiger charge is 2.02. The van der Waals surface area contributed by atoms with Gasteiger partial charge in [0.05, 0.1) is 0 Å². The number of benzene rings is 1. The molecule has 0 heterocycles. The van der Waals surface area contributed by atoms with E-state index in [-0.39, 0.29) is 0 Å². The second-order valence-electron chi connectivity index (χ2n) is 2.87. The molecule has 1 atom stereocenters. The Hall–Kier alpha value is -1.07. The van der Waals surface area contributed by atoms with E-state index in [1.807, 2.05) is 13.8 Å². The van der Waals surface area contributed by atoms with Gasteiger partial charge in [-0.15, -0.1) is 0 Å². The van der Waals surface area contributed by atoms with Crippen molar-refractivity contribution >= 4 is 22.6 Å². The first kappa shape index (κ1) is 10.0. The molecule has 0 bridgehead atoms. The Morgan fingerprint density at radius 3 is 2.23 bits per heavy atom. The molecule has 1 unspecified atom stereocenters. The lowest BCUT2D eigenvalue weighted by atomic mass is 10.1. The lowest BCUT2D eigenvalue weighted by Gasteiger charge is -2.08. The molecule has 0 fully saturated rings. The number of aryl methyl sites for hydroxylation is 2. The Bertz CT molecular complexity index is 329. The van der Waals surface area contributed by atoms with E-state index >= 15 is 0 Å². The monoisotopic (exact) mass is 200 g/mol. The van der Waals surface area contributed by atoms with Crippen molar-refractivity contribution in [3.05, 3.63) is 23.3 Å². The Labute approximate surface area is 79.6 Å². The number of nitrogens with two attached hydrogens (primary N) is 1. The molecule has 0 radical (unpaired) electrons. The van der Waals surface area contributed by atoms with Gasteiger partial charge in [-0.25, -0.2) is 4.21 Å². The highest BCUT2D eigenvalue weighted by molar-refractivity contribution is 7.80. The molecule has 13 heavy (non-hydrogen) atoms. The first-order chi connectivity index (χ1) is 6.00. The molecule has 5 heteroatoms. The largest absolute Gasteiger partial charge is 0.398 e. The summed E-state index contributed by atoms with van der Waals surface area (Å²) < 4.78 is 21.4. The van der Waals surface area contributed by atoms with Gasteiger partial charge in [0.2, 0.25) is 0 Å². The van der Waals surface area contributed by atoms with Crippen LogP contribution in [0.5, 0.6) is 0 Å². The van der Waals surface area contributed by atoms with Crippen LogP contribution in [0.2, 0.25) is 0 Å². The molecule has 0 aliphatic heterocycles. The van der Waals surface area contributed by atoms with Crippen molar-refractivity contribution in [2.45, 2.75) is 13.8 Å². The predicted octanol–water partition coefficient (Wildman–Crippen LogP) is 1.43. The van der Waals surface area contributed by atoms with Crippen LogP contribution in [-0.4, -0.2) is 8.76 Å². The minimum atomic E-state index is -2.03. The SMILES string of the molecule is Cc1cc(NS(=O)O)cc(C)c1N. The van der Waals surface area contributed by atoms with E-state index < -0.39 is 11.3 Å². The first-order valence-corrected chi connectivity index (χ1v) is 4.85. The van der Waals surface area contributed by atoms with Crippen molar-refractivity contribution in [1.82, 2.24) is 0 Å². The van der Waals surface area contributed by atoms with E-state index in [0.29, 0.717) is 11.4 Å². The van der Waals surface area contributed by atoms with Crippen LogP contribution in [0.25, 0.3) is 0 Å². The number of hydrogen-bond acceptors (Lipinski definition) is 2. The molecule has 1 rings (SSSR count). The fourth-order valence-electron chi connectivity index (χ4n) is 1.13. The van der Waals surface area contributed by atoms with Crippen LogP contribution in [0.15, 0.2) is 12.1 Å². The summed E-state index contributed by atoms with van der Waals surface area (Å²) in [4.78, 5) is 0. The molecule has 0 amide bonds. The second kappa shape index (κ2) is 3.76. The molecule has 1 aromatic carbocycles. The Morgan fingerprint density at radius 2 is 1.85 bits per heavy atom. The van der Waals surface area contributed by atoms with Gasteiger partial charge < -0.3 is 5.73 Å². The van der Waals surface area contributed by atoms with E-state index in [1.165, 1.54) is 0 Å². The molecule has 0 aromatic heterocycles. The quantitative estimate of drug-likeness (QED) is 0.499. The molecule has 1 aromatic rings. The Morgan fingerprint density at radius 1 is 1.38 bits per heavy atom. The molecule has 0 saturated carbocycles. The molecule has 0 saturated heterocycles. The number of nitrogens with one attached hydrogen (secondary N) is 1. The molecular formula is C8H12N2O2S. The van der Waals surface area contributed by atoms with Gasteiger partial charge in [0, 0.05) is 11.4 Å². The highest BCUT2D eigenvalue weighted by atomic mass is 32.2. The van der Waals surface area contributed by atoms with Crippen LogP contribution in [0.1, 0.15) is 11.1 Å². The van der Waals surface area contributed by atoms with Crippen LogP contribution in [0.3, 0.4) is 0 Å². The fraction of sp³-hybridized carbons (Fsp3) is 0.250. The lowest BCUT2D eigenvalue weighted by molar-refractivity contribution is 0.570. The fourth-order valence-corrected chi connectivity index (χ4v) is 1.45. The smallest absolute Gasteiger partial charge is 0.259 e. The molecule has 72 valence electrons. The van der Waals surface area contributed by atoms with Crippen LogP contribution in [0, 0.1) is 13.8 Å². The van der Waals surface area contributed by atoms with Gasteiger partial charge in [0.25, 0.3) is 11.3 Å². The number of nitrogen functional groups attached to an aromatic ring is 1. The van der Waals surface area contributed by atoms with Gasteiger partial charge in [-0.05, 0) is 37.1 Å². The zero-order valence-corrected chi connectivity index (χ0v) is 8.31. The highest BCUT2D eigenvalue weighted by Crippen LogP contribution is 2.21. The summed E-state index contributed by atoms with van der Waals surface area (Å²) in [6.07, 6.45) is 0. The van der Waals surface area contributed by atoms with Crippen molar-refractivity contribution in [3.8, 4) is 0 Å². The van der Waals surface area contributed by atoms with Gasteiger partial charge in [-0.2, -0.15) is 0 Å². The van der Waals surface area contributed by atoms with Gasteiger partial charge in [-0.3, -0.25) is 9.27 Å². The Kier molecular flexibility index (Phi) is 2.90. The summed E-state index contributed by atoms with van der Waals surface area (Å²) in [5.74, 6) is 0. The van der Waals surface area contributed by atoms with Crippen LogP contribution in [0.4, 0.5) is 11.4 Å². The number of hydrogen-bond donors (Lipinski definition) is 3. The minimum Gasteiger partial charge on any atom is -0.398 e. The molecule has 0 aliphatic carbocycles. The van der Waals surface area contributed by atoms with Crippen molar-refractivity contribution in [2.24, 2.45) is 0 Å². The van der Waals surface area contributed by atoms with Crippen molar-refractivity contribution in [1.29, 1.82) is 0 Å². The zero-order chi connectivity index (χ0) is 10.0. The zero-order valence-electron chi connectivity index (χ0n) is 7.50.